The number of hydrazine groups is 1. The van der Waals surface area contributed by atoms with Crippen molar-refractivity contribution >= 4 is 11.6 Å². The monoisotopic (exact) mass is 358 g/mol. The smallest absolute Gasteiger partial charge is 0.243 e. The molecule has 1 saturated carbocycles. The number of halogens is 2. The molecule has 2 aromatic rings. The average Bonchev–Trinajstić information content (AvgIpc) is 3.08. The average molecular weight is 358 g/mol. The first-order valence-corrected chi connectivity index (χ1v) is 8.79. The molecule has 3 N–H and O–H groups in total. The highest BCUT2D eigenvalue weighted by Crippen LogP contribution is 2.40. The van der Waals surface area contributed by atoms with Crippen LogP contribution in [0.15, 0.2) is 42.7 Å². The summed E-state index contributed by atoms with van der Waals surface area (Å²) in [5, 5.41) is 2.85. The molecule has 0 spiro atoms. The molecule has 5 nitrogen and oxygen atoms in total. The lowest BCUT2D eigenvalue weighted by atomic mass is 9.73. The second kappa shape index (κ2) is 7.09. The van der Waals surface area contributed by atoms with Gasteiger partial charge in [0.1, 0.15) is 6.04 Å². The molecule has 1 aromatic carbocycles. The Morgan fingerprint density at radius 2 is 2.04 bits per heavy atom. The number of carbonyl (C=O) groups is 1. The van der Waals surface area contributed by atoms with E-state index in [1.165, 1.54) is 6.07 Å². The standard InChI is InChI=1S/C19H20F2N4O/c20-15-5-1-4-13(17(15)21)11-6-7-16-14(9-11)18(25-24-16)19(26)23-12-3-2-8-22-10-12/h1-5,8,10-11,14,16,18,24-25H,6-7,9H2,(H,23,26). The van der Waals surface area contributed by atoms with Gasteiger partial charge in [-0.05, 0) is 48.9 Å². The summed E-state index contributed by atoms with van der Waals surface area (Å²) >= 11 is 0. The normalized spacial score (nSPS) is 27.8. The molecule has 1 amide bonds. The molecule has 0 radical (unpaired) electrons. The van der Waals surface area contributed by atoms with Gasteiger partial charge in [-0.15, -0.1) is 0 Å². The quantitative estimate of drug-likeness (QED) is 0.789. The number of pyridine rings is 1. The summed E-state index contributed by atoms with van der Waals surface area (Å²) in [5.74, 6) is -1.84. The van der Waals surface area contributed by atoms with Gasteiger partial charge in [-0.1, -0.05) is 12.1 Å². The van der Waals surface area contributed by atoms with Crippen LogP contribution in [0.1, 0.15) is 30.7 Å². The number of nitrogens with zero attached hydrogens (tertiary/aromatic N) is 1. The number of rotatable bonds is 3. The molecule has 1 aliphatic heterocycles. The first kappa shape index (κ1) is 17.1. The Labute approximate surface area is 150 Å². The van der Waals surface area contributed by atoms with E-state index >= 15 is 0 Å². The van der Waals surface area contributed by atoms with E-state index in [1.807, 2.05) is 0 Å². The van der Waals surface area contributed by atoms with E-state index in [0.29, 0.717) is 17.7 Å². The van der Waals surface area contributed by atoms with Crippen LogP contribution in [0, 0.1) is 17.6 Å². The molecule has 4 atom stereocenters. The number of fused-ring (bicyclic) bond motifs is 1. The number of anilines is 1. The highest BCUT2D eigenvalue weighted by atomic mass is 19.2. The topological polar surface area (TPSA) is 66.0 Å². The van der Waals surface area contributed by atoms with Gasteiger partial charge in [-0.25, -0.2) is 14.2 Å². The third-order valence-electron chi connectivity index (χ3n) is 5.38. The molecule has 0 bridgehead atoms. The van der Waals surface area contributed by atoms with E-state index in [0.717, 1.165) is 18.9 Å². The van der Waals surface area contributed by atoms with Crippen LogP contribution in [-0.4, -0.2) is 23.0 Å². The van der Waals surface area contributed by atoms with Crippen LogP contribution in [0.3, 0.4) is 0 Å². The molecule has 136 valence electrons. The maximum absolute atomic E-state index is 14.2. The molecule has 4 rings (SSSR count). The van der Waals surface area contributed by atoms with Gasteiger partial charge in [-0.3, -0.25) is 15.2 Å². The minimum absolute atomic E-state index is 0.00749. The van der Waals surface area contributed by atoms with Gasteiger partial charge in [0.25, 0.3) is 0 Å². The molecule has 1 aromatic heterocycles. The number of carbonyl (C=O) groups excluding carboxylic acids is 1. The Morgan fingerprint density at radius 3 is 2.85 bits per heavy atom. The van der Waals surface area contributed by atoms with Gasteiger partial charge in [0, 0.05) is 18.2 Å². The molecule has 1 aliphatic carbocycles. The number of nitrogens with one attached hydrogen (secondary N) is 3. The van der Waals surface area contributed by atoms with Crippen molar-refractivity contribution in [1.29, 1.82) is 0 Å². The minimum Gasteiger partial charge on any atom is -0.323 e. The molecule has 7 heteroatoms. The maximum Gasteiger partial charge on any atom is 0.243 e. The second-order valence-electron chi connectivity index (χ2n) is 6.92. The van der Waals surface area contributed by atoms with Crippen molar-refractivity contribution in [2.24, 2.45) is 5.92 Å². The zero-order valence-corrected chi connectivity index (χ0v) is 14.1. The molecule has 2 aliphatic rings. The van der Waals surface area contributed by atoms with Crippen molar-refractivity contribution in [3.63, 3.8) is 0 Å². The van der Waals surface area contributed by atoms with Crippen LogP contribution >= 0.6 is 0 Å². The minimum atomic E-state index is -0.821. The second-order valence-corrected chi connectivity index (χ2v) is 6.92. The van der Waals surface area contributed by atoms with Crippen LogP contribution < -0.4 is 16.2 Å². The Hall–Kier alpha value is -2.38. The van der Waals surface area contributed by atoms with Crippen LogP contribution in [0.5, 0.6) is 0 Å². The molecule has 2 fully saturated rings. The number of hydrogen-bond acceptors (Lipinski definition) is 4. The van der Waals surface area contributed by atoms with E-state index in [2.05, 4.69) is 21.2 Å². The van der Waals surface area contributed by atoms with Gasteiger partial charge in [0.2, 0.25) is 5.91 Å². The van der Waals surface area contributed by atoms with Crippen molar-refractivity contribution in [2.45, 2.75) is 37.3 Å². The SMILES string of the molecule is O=C(Nc1cccnc1)C1NNC2CCC(c3cccc(F)c3F)CC21. The van der Waals surface area contributed by atoms with Crippen molar-refractivity contribution in [1.82, 2.24) is 15.8 Å². The van der Waals surface area contributed by atoms with Crippen LogP contribution in [0.25, 0.3) is 0 Å². The number of amides is 1. The summed E-state index contributed by atoms with van der Waals surface area (Å²) in [6, 6.07) is 7.56. The zero-order valence-electron chi connectivity index (χ0n) is 14.1. The van der Waals surface area contributed by atoms with Crippen LogP contribution in [0.4, 0.5) is 14.5 Å². The molecule has 26 heavy (non-hydrogen) atoms. The number of aromatic nitrogens is 1. The van der Waals surface area contributed by atoms with Crippen molar-refractivity contribution in [3.05, 3.63) is 59.9 Å². The molecular weight excluding hydrogens is 338 g/mol. The lowest BCUT2D eigenvalue weighted by molar-refractivity contribution is -0.119. The third kappa shape index (κ3) is 3.20. The van der Waals surface area contributed by atoms with Gasteiger partial charge in [-0.2, -0.15) is 0 Å². The Balaban J connectivity index is 1.50. The molecule has 2 heterocycles. The summed E-state index contributed by atoms with van der Waals surface area (Å²) in [6.07, 6.45) is 5.40. The predicted octanol–water partition coefficient (Wildman–Crippen LogP) is 2.73. The highest BCUT2D eigenvalue weighted by Gasteiger charge is 2.44. The van der Waals surface area contributed by atoms with Crippen molar-refractivity contribution < 1.29 is 13.6 Å². The fraction of sp³-hybridized carbons (Fsp3) is 0.368. The largest absolute Gasteiger partial charge is 0.323 e. The molecular formula is C19H20F2N4O. The highest BCUT2D eigenvalue weighted by molar-refractivity contribution is 5.95. The van der Waals surface area contributed by atoms with E-state index < -0.39 is 17.7 Å². The Morgan fingerprint density at radius 1 is 1.15 bits per heavy atom. The van der Waals surface area contributed by atoms with Gasteiger partial charge < -0.3 is 5.32 Å². The van der Waals surface area contributed by atoms with Crippen molar-refractivity contribution in [3.8, 4) is 0 Å². The third-order valence-corrected chi connectivity index (χ3v) is 5.38. The van der Waals surface area contributed by atoms with Gasteiger partial charge in [0.15, 0.2) is 11.6 Å². The van der Waals surface area contributed by atoms with Gasteiger partial charge >= 0.3 is 0 Å². The van der Waals surface area contributed by atoms with Crippen molar-refractivity contribution in [2.75, 3.05) is 5.32 Å². The number of benzene rings is 1. The summed E-state index contributed by atoms with van der Waals surface area (Å²) in [7, 11) is 0. The summed E-state index contributed by atoms with van der Waals surface area (Å²) in [5.41, 5.74) is 7.28. The van der Waals surface area contributed by atoms with Crippen LogP contribution in [0.2, 0.25) is 0 Å². The lowest BCUT2D eigenvalue weighted by Crippen LogP contribution is -2.42. The van der Waals surface area contributed by atoms with E-state index in [-0.39, 0.29) is 23.8 Å². The lowest BCUT2D eigenvalue weighted by Gasteiger charge is -2.33. The first-order chi connectivity index (χ1) is 12.6. The van der Waals surface area contributed by atoms with E-state index in [4.69, 9.17) is 0 Å². The van der Waals surface area contributed by atoms with Crippen LogP contribution in [-0.2, 0) is 4.79 Å². The maximum atomic E-state index is 14.2. The van der Waals surface area contributed by atoms with E-state index in [1.54, 1.807) is 30.6 Å². The molecule has 1 saturated heterocycles. The first-order valence-electron chi connectivity index (χ1n) is 8.79. The predicted molar refractivity (Wildman–Crippen MR) is 93.2 cm³/mol. The number of hydrogen-bond donors (Lipinski definition) is 3. The molecule has 4 unspecified atom stereocenters. The summed E-state index contributed by atoms with van der Waals surface area (Å²) in [6.45, 7) is 0. The zero-order chi connectivity index (χ0) is 18.1. The fourth-order valence-corrected chi connectivity index (χ4v) is 4.09. The fourth-order valence-electron chi connectivity index (χ4n) is 4.09. The summed E-state index contributed by atoms with van der Waals surface area (Å²) < 4.78 is 27.8. The van der Waals surface area contributed by atoms with Gasteiger partial charge in [0.05, 0.1) is 11.9 Å². The summed E-state index contributed by atoms with van der Waals surface area (Å²) in [4.78, 5) is 16.6. The Bertz CT molecular complexity index is 801. The Kier molecular flexibility index (Phi) is 4.65. The van der Waals surface area contributed by atoms with E-state index in [9.17, 15) is 13.6 Å².